The van der Waals surface area contributed by atoms with Gasteiger partial charge in [-0.25, -0.2) is 8.42 Å². The van der Waals surface area contributed by atoms with E-state index in [2.05, 4.69) is 0 Å². The van der Waals surface area contributed by atoms with E-state index in [-0.39, 0.29) is 44.2 Å². The van der Waals surface area contributed by atoms with Gasteiger partial charge in [0.05, 0.1) is 15.5 Å². The summed E-state index contributed by atoms with van der Waals surface area (Å²) in [5, 5.41) is 0.226. The van der Waals surface area contributed by atoms with Crippen LogP contribution >= 0.6 is 34.8 Å². The van der Waals surface area contributed by atoms with Gasteiger partial charge in [-0.05, 0) is 62.5 Å². The molecule has 30 heavy (non-hydrogen) atoms. The number of sulfonamides is 1. The molecular weight excluding hydrogens is 467 g/mol. The fraction of sp³-hybridized carbons (Fsp3) is 0.667. The van der Waals surface area contributed by atoms with Gasteiger partial charge in [-0.2, -0.15) is 4.31 Å². The number of amides is 1. The summed E-state index contributed by atoms with van der Waals surface area (Å²) < 4.78 is 27.6. The number of carbonyl (C=O) groups excluding carboxylic acids is 1. The minimum atomic E-state index is -3.82. The molecule has 0 spiro atoms. The van der Waals surface area contributed by atoms with Crippen molar-refractivity contribution in [2.24, 2.45) is 17.3 Å². The minimum Gasteiger partial charge on any atom is -0.340 e. The molecule has 164 valence electrons. The van der Waals surface area contributed by atoms with Gasteiger partial charge < -0.3 is 4.90 Å². The Morgan fingerprint density at radius 1 is 0.967 bits per heavy atom. The van der Waals surface area contributed by atoms with Crippen LogP contribution in [0.25, 0.3) is 0 Å². The molecule has 1 aromatic carbocycles. The van der Waals surface area contributed by atoms with E-state index in [1.807, 2.05) is 4.90 Å². The third kappa shape index (κ3) is 3.38. The highest BCUT2D eigenvalue weighted by Crippen LogP contribution is 2.64. The van der Waals surface area contributed by atoms with E-state index < -0.39 is 10.0 Å². The number of hydrogen-bond acceptors (Lipinski definition) is 3. The second-order valence-electron chi connectivity index (χ2n) is 9.64. The Kier molecular flexibility index (Phi) is 5.15. The van der Waals surface area contributed by atoms with Crippen molar-refractivity contribution < 1.29 is 13.2 Å². The van der Waals surface area contributed by atoms with E-state index in [0.29, 0.717) is 24.9 Å². The highest BCUT2D eigenvalue weighted by molar-refractivity contribution is 7.89. The van der Waals surface area contributed by atoms with Crippen molar-refractivity contribution >= 4 is 50.7 Å². The van der Waals surface area contributed by atoms with Gasteiger partial charge in [0.25, 0.3) is 0 Å². The number of piperazine rings is 1. The molecular formula is C21H25Cl3N2O3S. The highest BCUT2D eigenvalue weighted by atomic mass is 35.5. The average Bonchev–Trinajstić information content (AvgIpc) is 2.65. The summed E-state index contributed by atoms with van der Waals surface area (Å²) in [5.41, 5.74) is -0.348. The molecule has 5 aliphatic rings. The van der Waals surface area contributed by atoms with Gasteiger partial charge in [-0.1, -0.05) is 29.3 Å². The summed E-state index contributed by atoms with van der Waals surface area (Å²) in [7, 11) is -3.82. The largest absolute Gasteiger partial charge is 0.340 e. The summed E-state index contributed by atoms with van der Waals surface area (Å²) in [4.78, 5) is 15.2. The lowest BCUT2D eigenvalue weighted by atomic mass is 9.49. The zero-order chi connectivity index (χ0) is 21.3. The van der Waals surface area contributed by atoms with Crippen molar-refractivity contribution in [1.29, 1.82) is 0 Å². The summed E-state index contributed by atoms with van der Waals surface area (Å²) in [5.74, 6) is 1.28. The first-order valence-electron chi connectivity index (χ1n) is 10.5. The van der Waals surface area contributed by atoms with E-state index in [1.165, 1.54) is 22.9 Å². The third-order valence-electron chi connectivity index (χ3n) is 7.49. The quantitative estimate of drug-likeness (QED) is 0.589. The van der Waals surface area contributed by atoms with E-state index >= 15 is 0 Å². The number of hydrogen-bond donors (Lipinski definition) is 0. The summed E-state index contributed by atoms with van der Waals surface area (Å²) in [6, 6.07) is 4.67. The van der Waals surface area contributed by atoms with Gasteiger partial charge in [0.1, 0.15) is 4.90 Å². The zero-order valence-electron chi connectivity index (χ0n) is 16.6. The fourth-order valence-electron chi connectivity index (χ4n) is 6.73. The van der Waals surface area contributed by atoms with Crippen LogP contribution in [0.1, 0.15) is 38.5 Å². The van der Waals surface area contributed by atoms with Crippen molar-refractivity contribution in [3.8, 4) is 0 Å². The maximum Gasteiger partial charge on any atom is 0.246 e. The molecule has 9 heteroatoms. The van der Waals surface area contributed by atoms with Crippen LogP contribution in [0.15, 0.2) is 23.1 Å². The van der Waals surface area contributed by atoms with Crippen LogP contribution in [0.2, 0.25) is 10.0 Å². The van der Waals surface area contributed by atoms with E-state index in [4.69, 9.17) is 34.8 Å². The van der Waals surface area contributed by atoms with Crippen LogP contribution < -0.4 is 0 Å². The molecule has 1 saturated heterocycles. The second kappa shape index (κ2) is 7.24. The predicted octanol–water partition coefficient (Wildman–Crippen LogP) is 4.40. The van der Waals surface area contributed by atoms with Gasteiger partial charge in [-0.3, -0.25) is 4.79 Å². The molecule has 6 rings (SSSR count). The van der Waals surface area contributed by atoms with Gasteiger partial charge in [0, 0.05) is 31.1 Å². The Hall–Kier alpha value is -0.530. The lowest BCUT2D eigenvalue weighted by Gasteiger charge is -2.60. The molecule has 1 heterocycles. The van der Waals surface area contributed by atoms with Crippen LogP contribution in [0.5, 0.6) is 0 Å². The fourth-order valence-corrected chi connectivity index (χ4v) is 9.93. The molecule has 0 radical (unpaired) electrons. The van der Waals surface area contributed by atoms with Gasteiger partial charge in [0.15, 0.2) is 0 Å². The number of nitrogens with zero attached hydrogens (tertiary/aromatic N) is 2. The standard InChI is InChI=1S/C21H25Cl3N2O3S/c22-16-2-1-3-17(23)18(16)30(28,29)26-6-4-25(5-7-26)19(27)20-9-14-8-15(10-20)12-21(24,11-14)13-20/h1-3,14-15H,4-13H2. The maximum absolute atomic E-state index is 13.6. The Morgan fingerprint density at radius 3 is 2.07 bits per heavy atom. The monoisotopic (exact) mass is 490 g/mol. The maximum atomic E-state index is 13.6. The van der Waals surface area contributed by atoms with Crippen LogP contribution in [-0.2, 0) is 14.8 Å². The molecule has 4 saturated carbocycles. The Bertz CT molecular complexity index is 957. The molecule has 5 nitrogen and oxygen atoms in total. The number of carbonyl (C=O) groups is 1. The summed E-state index contributed by atoms with van der Waals surface area (Å²) in [6.07, 6.45) is 5.90. The number of benzene rings is 1. The first-order valence-corrected chi connectivity index (χ1v) is 13.1. The van der Waals surface area contributed by atoms with Gasteiger partial charge in [-0.15, -0.1) is 11.6 Å². The van der Waals surface area contributed by atoms with Crippen LogP contribution in [-0.4, -0.2) is 54.6 Å². The minimum absolute atomic E-state index is 0.0572. The molecule has 4 aliphatic carbocycles. The molecule has 4 bridgehead atoms. The van der Waals surface area contributed by atoms with Crippen LogP contribution in [0.3, 0.4) is 0 Å². The van der Waals surface area contributed by atoms with Crippen molar-refractivity contribution in [2.45, 2.75) is 48.3 Å². The highest BCUT2D eigenvalue weighted by Gasteiger charge is 2.60. The summed E-state index contributed by atoms with van der Waals surface area (Å²) >= 11 is 19.2. The van der Waals surface area contributed by atoms with Crippen molar-refractivity contribution in [3.05, 3.63) is 28.2 Å². The molecule has 1 aromatic rings. The number of halogens is 3. The number of alkyl halides is 1. The second-order valence-corrected chi connectivity index (χ2v) is 13.1. The molecule has 2 unspecified atom stereocenters. The van der Waals surface area contributed by atoms with Gasteiger partial charge in [0.2, 0.25) is 15.9 Å². The van der Waals surface area contributed by atoms with Crippen molar-refractivity contribution in [2.75, 3.05) is 26.2 Å². The molecule has 5 fully saturated rings. The molecule has 1 aliphatic heterocycles. The Balaban J connectivity index is 1.31. The smallest absolute Gasteiger partial charge is 0.246 e. The topological polar surface area (TPSA) is 57.7 Å². The molecule has 0 aromatic heterocycles. The lowest BCUT2D eigenvalue weighted by molar-refractivity contribution is -0.157. The van der Waals surface area contributed by atoms with Crippen LogP contribution in [0, 0.1) is 17.3 Å². The van der Waals surface area contributed by atoms with Crippen LogP contribution in [0.4, 0.5) is 0 Å². The van der Waals surface area contributed by atoms with Crippen molar-refractivity contribution in [1.82, 2.24) is 9.21 Å². The Morgan fingerprint density at radius 2 is 1.53 bits per heavy atom. The predicted molar refractivity (Wildman–Crippen MR) is 117 cm³/mol. The third-order valence-corrected chi connectivity index (χ3v) is 10.8. The SMILES string of the molecule is O=C(N1CCN(S(=O)(=O)c2c(Cl)cccc2Cl)CC1)C12CC3CC(CC(Cl)(C3)C1)C2. The molecule has 0 N–H and O–H groups in total. The van der Waals surface area contributed by atoms with E-state index in [9.17, 15) is 13.2 Å². The zero-order valence-corrected chi connectivity index (χ0v) is 19.7. The molecule has 2 atom stereocenters. The normalized spacial score (nSPS) is 36.3. The first-order chi connectivity index (χ1) is 14.1. The number of rotatable bonds is 3. The average molecular weight is 492 g/mol. The molecule has 1 amide bonds. The first kappa shape index (κ1) is 21.3. The van der Waals surface area contributed by atoms with Gasteiger partial charge >= 0.3 is 0 Å². The van der Waals surface area contributed by atoms with Crippen molar-refractivity contribution in [3.63, 3.8) is 0 Å². The lowest BCUT2D eigenvalue weighted by Crippen LogP contribution is -2.61. The van der Waals surface area contributed by atoms with E-state index in [0.717, 1.165) is 32.1 Å². The Labute approximate surface area is 192 Å². The summed E-state index contributed by atoms with van der Waals surface area (Å²) in [6.45, 7) is 1.24. The van der Waals surface area contributed by atoms with E-state index in [1.54, 1.807) is 6.07 Å².